The number of aromatic nitrogens is 1. The molecule has 2 N–H and O–H groups in total. The maximum absolute atomic E-state index is 8.94. The molecule has 0 amide bonds. The maximum Gasteiger partial charge on any atom is 0.0699 e. The molecule has 0 radical (unpaired) electrons. The average molecular weight is 167 g/mol. The van der Waals surface area contributed by atoms with E-state index in [4.69, 9.17) is 5.11 Å². The van der Waals surface area contributed by atoms with Crippen LogP contribution >= 0.6 is 0 Å². The SMILES string of the molecule is CCCCCc1[nH]ccc1CO. The highest BCUT2D eigenvalue weighted by Crippen LogP contribution is 2.10. The molecule has 2 nitrogen and oxygen atoms in total. The lowest BCUT2D eigenvalue weighted by atomic mass is 10.1. The van der Waals surface area contributed by atoms with Crippen LogP contribution in [-0.2, 0) is 13.0 Å². The third-order valence-electron chi connectivity index (χ3n) is 2.13. The van der Waals surface area contributed by atoms with E-state index in [9.17, 15) is 0 Å². The molecule has 1 heterocycles. The zero-order chi connectivity index (χ0) is 8.81. The van der Waals surface area contributed by atoms with Gasteiger partial charge in [-0.3, -0.25) is 0 Å². The number of rotatable bonds is 5. The van der Waals surface area contributed by atoms with E-state index in [1.54, 1.807) is 0 Å². The van der Waals surface area contributed by atoms with Gasteiger partial charge in [0.25, 0.3) is 0 Å². The second-order valence-electron chi connectivity index (χ2n) is 3.10. The lowest BCUT2D eigenvalue weighted by Crippen LogP contribution is -1.91. The van der Waals surface area contributed by atoms with Gasteiger partial charge in [0.2, 0.25) is 0 Å². The molecule has 1 aromatic heterocycles. The van der Waals surface area contributed by atoms with Crippen LogP contribution in [0.2, 0.25) is 0 Å². The Hall–Kier alpha value is -0.760. The van der Waals surface area contributed by atoms with Crippen molar-refractivity contribution in [2.75, 3.05) is 0 Å². The summed E-state index contributed by atoms with van der Waals surface area (Å²) in [7, 11) is 0. The summed E-state index contributed by atoms with van der Waals surface area (Å²) >= 11 is 0. The summed E-state index contributed by atoms with van der Waals surface area (Å²) in [6.07, 6.45) is 6.69. The van der Waals surface area contributed by atoms with Crippen molar-refractivity contribution in [3.63, 3.8) is 0 Å². The van der Waals surface area contributed by atoms with Gasteiger partial charge in [0.15, 0.2) is 0 Å². The van der Waals surface area contributed by atoms with Crippen molar-refractivity contribution in [2.24, 2.45) is 0 Å². The molecule has 0 atom stereocenters. The molecule has 0 saturated heterocycles. The molecule has 2 heteroatoms. The standard InChI is InChI=1S/C10H17NO/c1-2-3-4-5-10-9(8-12)6-7-11-10/h6-7,11-12H,2-5,8H2,1H3. The first-order chi connectivity index (χ1) is 5.88. The fraction of sp³-hybridized carbons (Fsp3) is 0.600. The highest BCUT2D eigenvalue weighted by molar-refractivity contribution is 5.19. The molecule has 0 spiro atoms. The number of aliphatic hydroxyl groups excluding tert-OH is 1. The summed E-state index contributed by atoms with van der Waals surface area (Å²) in [6, 6.07) is 1.95. The molecule has 68 valence electrons. The van der Waals surface area contributed by atoms with E-state index in [0.29, 0.717) is 0 Å². The third-order valence-corrected chi connectivity index (χ3v) is 2.13. The Balaban J connectivity index is 2.39. The maximum atomic E-state index is 8.94. The first kappa shape index (κ1) is 9.33. The Labute approximate surface area is 73.6 Å². The number of unbranched alkanes of at least 4 members (excludes halogenated alkanes) is 2. The van der Waals surface area contributed by atoms with Gasteiger partial charge in [-0.05, 0) is 24.5 Å². The van der Waals surface area contributed by atoms with Crippen LogP contribution in [0.4, 0.5) is 0 Å². The van der Waals surface area contributed by atoms with Gasteiger partial charge in [-0.2, -0.15) is 0 Å². The number of nitrogens with one attached hydrogen (secondary N) is 1. The quantitative estimate of drug-likeness (QED) is 0.648. The van der Waals surface area contributed by atoms with Crippen LogP contribution in [0, 0.1) is 0 Å². The Bertz CT molecular complexity index is 217. The van der Waals surface area contributed by atoms with Gasteiger partial charge in [-0.25, -0.2) is 0 Å². The van der Waals surface area contributed by atoms with E-state index in [1.165, 1.54) is 25.0 Å². The van der Waals surface area contributed by atoms with Crippen molar-refractivity contribution in [2.45, 2.75) is 39.2 Å². The molecule has 0 aliphatic rings. The number of aliphatic hydroxyl groups is 1. The molecular weight excluding hydrogens is 150 g/mol. The molecule has 0 aromatic carbocycles. The van der Waals surface area contributed by atoms with Crippen molar-refractivity contribution in [1.29, 1.82) is 0 Å². The van der Waals surface area contributed by atoms with Crippen molar-refractivity contribution >= 4 is 0 Å². The van der Waals surface area contributed by atoms with Crippen molar-refractivity contribution in [3.8, 4) is 0 Å². The molecule has 0 aliphatic carbocycles. The third kappa shape index (κ3) is 2.38. The Morgan fingerprint density at radius 2 is 2.25 bits per heavy atom. The molecule has 1 aromatic rings. The topological polar surface area (TPSA) is 36.0 Å². The molecule has 0 fully saturated rings. The zero-order valence-electron chi connectivity index (χ0n) is 7.64. The normalized spacial score (nSPS) is 10.5. The second kappa shape index (κ2) is 4.99. The van der Waals surface area contributed by atoms with Crippen LogP contribution in [0.25, 0.3) is 0 Å². The molecule has 0 aliphatic heterocycles. The lowest BCUT2D eigenvalue weighted by Gasteiger charge is -2.00. The van der Waals surface area contributed by atoms with E-state index in [1.807, 2.05) is 12.3 Å². The summed E-state index contributed by atoms with van der Waals surface area (Å²) in [6.45, 7) is 2.35. The second-order valence-corrected chi connectivity index (χ2v) is 3.10. The fourth-order valence-corrected chi connectivity index (χ4v) is 1.37. The Kier molecular flexibility index (Phi) is 3.88. The molecule has 12 heavy (non-hydrogen) atoms. The predicted octanol–water partition coefficient (Wildman–Crippen LogP) is 2.24. The highest BCUT2D eigenvalue weighted by Gasteiger charge is 2.00. The molecule has 0 saturated carbocycles. The predicted molar refractivity (Wildman–Crippen MR) is 49.9 cm³/mol. The van der Waals surface area contributed by atoms with E-state index < -0.39 is 0 Å². The molecule has 1 rings (SSSR count). The number of hydrogen-bond acceptors (Lipinski definition) is 1. The summed E-state index contributed by atoms with van der Waals surface area (Å²) in [5.74, 6) is 0. The largest absolute Gasteiger partial charge is 0.392 e. The highest BCUT2D eigenvalue weighted by atomic mass is 16.3. The first-order valence-corrected chi connectivity index (χ1v) is 4.64. The van der Waals surface area contributed by atoms with Gasteiger partial charge < -0.3 is 10.1 Å². The number of hydrogen-bond donors (Lipinski definition) is 2. The van der Waals surface area contributed by atoms with E-state index >= 15 is 0 Å². The van der Waals surface area contributed by atoms with Crippen LogP contribution in [0.5, 0.6) is 0 Å². The number of aromatic amines is 1. The van der Waals surface area contributed by atoms with Crippen molar-refractivity contribution < 1.29 is 5.11 Å². The minimum absolute atomic E-state index is 0.158. The van der Waals surface area contributed by atoms with Crippen LogP contribution in [-0.4, -0.2) is 10.1 Å². The van der Waals surface area contributed by atoms with Crippen molar-refractivity contribution in [3.05, 3.63) is 23.5 Å². The van der Waals surface area contributed by atoms with Crippen LogP contribution in [0.1, 0.15) is 37.4 Å². The summed E-state index contributed by atoms with van der Waals surface area (Å²) in [5, 5.41) is 8.94. The van der Waals surface area contributed by atoms with Crippen molar-refractivity contribution in [1.82, 2.24) is 4.98 Å². The monoisotopic (exact) mass is 167 g/mol. The lowest BCUT2D eigenvalue weighted by molar-refractivity contribution is 0.280. The van der Waals surface area contributed by atoms with Crippen LogP contribution in [0.15, 0.2) is 12.3 Å². The van der Waals surface area contributed by atoms with Gasteiger partial charge in [0.1, 0.15) is 0 Å². The van der Waals surface area contributed by atoms with Gasteiger partial charge >= 0.3 is 0 Å². The van der Waals surface area contributed by atoms with Gasteiger partial charge in [-0.1, -0.05) is 19.8 Å². The smallest absolute Gasteiger partial charge is 0.0699 e. The fourth-order valence-electron chi connectivity index (χ4n) is 1.37. The van der Waals surface area contributed by atoms with Crippen LogP contribution in [0.3, 0.4) is 0 Å². The van der Waals surface area contributed by atoms with E-state index in [2.05, 4.69) is 11.9 Å². The van der Waals surface area contributed by atoms with Crippen LogP contribution < -0.4 is 0 Å². The molecule has 0 unspecified atom stereocenters. The number of aryl methyl sites for hydroxylation is 1. The minimum atomic E-state index is 0.158. The zero-order valence-corrected chi connectivity index (χ0v) is 7.64. The minimum Gasteiger partial charge on any atom is -0.392 e. The molecule has 0 bridgehead atoms. The number of H-pyrrole nitrogens is 1. The van der Waals surface area contributed by atoms with Gasteiger partial charge in [0.05, 0.1) is 6.61 Å². The summed E-state index contributed by atoms with van der Waals surface area (Å²) in [4.78, 5) is 3.16. The van der Waals surface area contributed by atoms with E-state index in [-0.39, 0.29) is 6.61 Å². The Morgan fingerprint density at radius 3 is 2.92 bits per heavy atom. The van der Waals surface area contributed by atoms with Gasteiger partial charge in [-0.15, -0.1) is 0 Å². The average Bonchev–Trinajstić information content (AvgIpc) is 2.52. The Morgan fingerprint density at radius 1 is 1.42 bits per heavy atom. The van der Waals surface area contributed by atoms with Gasteiger partial charge in [0, 0.05) is 11.9 Å². The molecular formula is C10H17NO. The summed E-state index contributed by atoms with van der Waals surface area (Å²) < 4.78 is 0. The van der Waals surface area contributed by atoms with E-state index in [0.717, 1.165) is 12.0 Å². The summed E-state index contributed by atoms with van der Waals surface area (Å²) in [5.41, 5.74) is 2.25. The first-order valence-electron chi connectivity index (χ1n) is 4.64.